The highest BCUT2D eigenvalue weighted by atomic mass is 19.1. The van der Waals surface area contributed by atoms with E-state index in [1.807, 2.05) is 50.8 Å². The minimum atomic E-state index is -1.33. The smallest absolute Gasteiger partial charge is 0.341 e. The third-order valence-electron chi connectivity index (χ3n) is 8.97. The van der Waals surface area contributed by atoms with Gasteiger partial charge in [0.25, 0.3) is 0 Å². The van der Waals surface area contributed by atoms with Gasteiger partial charge in [-0.3, -0.25) is 9.59 Å². The summed E-state index contributed by atoms with van der Waals surface area (Å²) >= 11 is 0. The number of aromatic carboxylic acids is 1. The van der Waals surface area contributed by atoms with Crippen LogP contribution in [0, 0.1) is 5.82 Å². The van der Waals surface area contributed by atoms with Crippen LogP contribution in [0.15, 0.2) is 41.3 Å². The molecule has 0 radical (unpaired) electrons. The molecule has 40 heavy (non-hydrogen) atoms. The molecule has 3 aliphatic rings. The Kier molecular flexibility index (Phi) is 5.87. The van der Waals surface area contributed by atoms with Crippen molar-refractivity contribution < 1.29 is 24.3 Å². The van der Waals surface area contributed by atoms with Gasteiger partial charge in [0.1, 0.15) is 11.4 Å². The number of aromatic nitrogens is 1. The molecule has 10 heteroatoms. The summed E-state index contributed by atoms with van der Waals surface area (Å²) in [5.74, 6) is -1.94. The number of hydrogen-bond donors (Lipinski definition) is 2. The second kappa shape index (κ2) is 8.87. The molecule has 1 atom stereocenters. The van der Waals surface area contributed by atoms with Crippen molar-refractivity contribution in [3.05, 3.63) is 74.8 Å². The van der Waals surface area contributed by atoms with E-state index in [1.165, 1.54) is 11.3 Å². The number of benzene rings is 2. The summed E-state index contributed by atoms with van der Waals surface area (Å²) in [7, 11) is 0. The highest BCUT2D eigenvalue weighted by Gasteiger charge is 2.49. The maximum atomic E-state index is 15.6. The normalized spacial score (nSPS) is 22.0. The molecule has 0 spiro atoms. The first kappa shape index (κ1) is 26.5. The predicted octanol–water partition coefficient (Wildman–Crippen LogP) is 4.37. The van der Waals surface area contributed by atoms with Gasteiger partial charge in [-0.25, -0.2) is 9.18 Å². The molecular weight excluding hydrogens is 515 g/mol. The number of hydrogen-bond acceptors (Lipinski definition) is 6. The van der Waals surface area contributed by atoms with E-state index in [-0.39, 0.29) is 23.0 Å². The van der Waals surface area contributed by atoms with Crippen molar-refractivity contribution in [1.82, 2.24) is 14.5 Å². The topological polar surface area (TPSA) is 106 Å². The van der Waals surface area contributed by atoms with Crippen molar-refractivity contribution in [3.8, 4) is 0 Å². The number of nitrogens with zero attached hydrogens (tertiary/aromatic N) is 4. The second-order valence-electron chi connectivity index (χ2n) is 12.2. The number of halogens is 1. The Labute approximate surface area is 231 Å². The van der Waals surface area contributed by atoms with E-state index < -0.39 is 28.3 Å². The Bertz CT molecular complexity index is 1630. The Morgan fingerprint density at radius 3 is 2.40 bits per heavy atom. The highest BCUT2D eigenvalue weighted by molar-refractivity contribution is 5.93. The van der Waals surface area contributed by atoms with Gasteiger partial charge in [-0.2, -0.15) is 5.06 Å². The van der Waals surface area contributed by atoms with Gasteiger partial charge in [-0.1, -0.05) is 18.2 Å². The Hall–Kier alpha value is -3.76. The lowest BCUT2D eigenvalue weighted by Crippen LogP contribution is -2.48. The first-order valence-electron chi connectivity index (χ1n) is 13.6. The summed E-state index contributed by atoms with van der Waals surface area (Å²) in [6.45, 7) is 8.92. The van der Waals surface area contributed by atoms with Crippen LogP contribution in [0.3, 0.4) is 0 Å². The van der Waals surface area contributed by atoms with Crippen LogP contribution in [0.4, 0.5) is 10.1 Å². The molecule has 1 saturated heterocycles. The van der Waals surface area contributed by atoms with E-state index in [2.05, 4.69) is 0 Å². The summed E-state index contributed by atoms with van der Waals surface area (Å²) in [6.07, 6.45) is 3.91. The zero-order valence-electron chi connectivity index (χ0n) is 23.0. The van der Waals surface area contributed by atoms with Crippen LogP contribution < -0.4 is 10.3 Å². The lowest BCUT2D eigenvalue weighted by molar-refractivity contribution is -0.216. The monoisotopic (exact) mass is 548 g/mol. The molecule has 1 aromatic heterocycles. The fraction of sp³-hybridized carbons (Fsp3) is 0.433. The molecule has 2 fully saturated rings. The van der Waals surface area contributed by atoms with E-state index in [0.29, 0.717) is 30.8 Å². The largest absolute Gasteiger partial charge is 0.477 e. The minimum absolute atomic E-state index is 0.0492. The van der Waals surface area contributed by atoms with Gasteiger partial charge in [0.15, 0.2) is 0 Å². The fourth-order valence-electron chi connectivity index (χ4n) is 6.58. The molecule has 1 unspecified atom stereocenters. The molecule has 1 saturated carbocycles. The molecule has 2 aliphatic heterocycles. The lowest BCUT2D eigenvalue weighted by Gasteiger charge is -2.41. The van der Waals surface area contributed by atoms with E-state index in [0.717, 1.165) is 42.0 Å². The van der Waals surface area contributed by atoms with Crippen molar-refractivity contribution >= 4 is 29.0 Å². The van der Waals surface area contributed by atoms with Gasteiger partial charge >= 0.3 is 5.97 Å². The number of piperazine rings is 1. The molecule has 0 bridgehead atoms. The van der Waals surface area contributed by atoms with Crippen LogP contribution in [-0.4, -0.2) is 56.9 Å². The number of carboxylic acids is 1. The highest BCUT2D eigenvalue weighted by Crippen LogP contribution is 2.49. The summed E-state index contributed by atoms with van der Waals surface area (Å²) in [6, 6.07) is 8.50. The fourth-order valence-corrected chi connectivity index (χ4v) is 6.58. The minimum Gasteiger partial charge on any atom is -0.477 e. The van der Waals surface area contributed by atoms with Crippen LogP contribution in [0.25, 0.3) is 10.9 Å². The van der Waals surface area contributed by atoms with Crippen LogP contribution in [-0.2, 0) is 15.9 Å². The number of fused-ring (bicyclic) bond motifs is 2. The molecule has 6 rings (SSSR count). The Balaban J connectivity index is 1.41. The van der Waals surface area contributed by atoms with Crippen molar-refractivity contribution in [2.75, 3.05) is 24.5 Å². The molecule has 2 aromatic carbocycles. The third-order valence-corrected chi connectivity index (χ3v) is 8.97. The average Bonchev–Trinajstić information content (AvgIpc) is 3.75. The van der Waals surface area contributed by atoms with Crippen molar-refractivity contribution in [1.29, 1.82) is 0 Å². The van der Waals surface area contributed by atoms with Gasteiger partial charge in [0.05, 0.1) is 28.3 Å². The molecule has 2 N–H and O–H groups in total. The van der Waals surface area contributed by atoms with E-state index >= 15 is 4.39 Å². The SMILES string of the molecule is CC1(C)c2ccc(C3CN(c4cc5c(cc4F)c(=O)c(C(=O)O)cn5C4CC4)CCN3C=O)cc2C(C)(C)N1O. The Morgan fingerprint density at radius 2 is 1.75 bits per heavy atom. The zero-order valence-corrected chi connectivity index (χ0v) is 23.0. The van der Waals surface area contributed by atoms with Gasteiger partial charge in [0, 0.05) is 37.3 Å². The maximum absolute atomic E-state index is 15.6. The Morgan fingerprint density at radius 1 is 1.05 bits per heavy atom. The number of carboxylic acid groups (broad SMARTS) is 1. The van der Waals surface area contributed by atoms with Gasteiger partial charge in [-0.05, 0) is 69.4 Å². The summed E-state index contributed by atoms with van der Waals surface area (Å²) in [5.41, 5.74) is 1.40. The van der Waals surface area contributed by atoms with Crippen LogP contribution in [0.5, 0.6) is 0 Å². The zero-order chi connectivity index (χ0) is 28.7. The van der Waals surface area contributed by atoms with Gasteiger partial charge < -0.3 is 24.7 Å². The molecule has 210 valence electrons. The number of pyridine rings is 1. The van der Waals surface area contributed by atoms with E-state index in [4.69, 9.17) is 0 Å². The lowest BCUT2D eigenvalue weighted by atomic mass is 9.87. The van der Waals surface area contributed by atoms with E-state index in [1.54, 1.807) is 15.5 Å². The molecule has 3 aromatic rings. The van der Waals surface area contributed by atoms with Crippen LogP contribution in [0.2, 0.25) is 0 Å². The third kappa shape index (κ3) is 3.84. The van der Waals surface area contributed by atoms with Gasteiger partial charge in [-0.15, -0.1) is 0 Å². The molecular formula is C30H33FN4O5. The number of anilines is 1. The summed E-state index contributed by atoms with van der Waals surface area (Å²) in [4.78, 5) is 40.3. The first-order valence-corrected chi connectivity index (χ1v) is 13.6. The van der Waals surface area contributed by atoms with Crippen molar-refractivity contribution in [2.24, 2.45) is 0 Å². The maximum Gasteiger partial charge on any atom is 0.341 e. The van der Waals surface area contributed by atoms with Gasteiger partial charge in [0.2, 0.25) is 11.8 Å². The number of rotatable bonds is 5. The number of carbonyl (C=O) groups is 2. The first-order chi connectivity index (χ1) is 18.9. The number of carbonyl (C=O) groups excluding carboxylic acids is 1. The molecule has 1 aliphatic carbocycles. The predicted molar refractivity (Wildman–Crippen MR) is 147 cm³/mol. The number of hydroxylamine groups is 2. The number of amides is 1. The quantitative estimate of drug-likeness (QED) is 0.456. The summed E-state index contributed by atoms with van der Waals surface area (Å²) < 4.78 is 17.4. The van der Waals surface area contributed by atoms with Crippen molar-refractivity contribution in [3.63, 3.8) is 0 Å². The second-order valence-corrected chi connectivity index (χ2v) is 12.2. The molecule has 3 heterocycles. The van der Waals surface area contributed by atoms with Crippen molar-refractivity contribution in [2.45, 2.75) is 63.7 Å². The average molecular weight is 549 g/mol. The standard InChI is InChI=1S/C30H33FN4O5/c1-29(2)21-8-5-17(11-22(21)30(3,4)35(29)40)26-15-32(9-10-33(26)16-36)25-13-24-19(12-23(25)31)27(37)20(28(38)39)14-34(24)18-6-7-18/h5,8,11-14,16,18,26,40H,6-7,9-10,15H2,1-4H3,(H,38,39). The van der Waals surface area contributed by atoms with Crippen LogP contribution in [0.1, 0.15) is 79.7 Å². The molecule has 9 nitrogen and oxygen atoms in total. The summed E-state index contributed by atoms with van der Waals surface area (Å²) in [5, 5.41) is 21.8. The van der Waals surface area contributed by atoms with E-state index in [9.17, 15) is 24.7 Å². The van der Waals surface area contributed by atoms with Crippen LogP contribution >= 0.6 is 0 Å². The molecule has 1 amide bonds.